The van der Waals surface area contributed by atoms with E-state index in [2.05, 4.69) is 29.0 Å². The zero-order valence-corrected chi connectivity index (χ0v) is 25.9. The quantitative estimate of drug-likeness (QED) is 0.174. The summed E-state index contributed by atoms with van der Waals surface area (Å²) in [6, 6.07) is 8.15. The highest BCUT2D eigenvalue weighted by atomic mass is 32.2. The van der Waals surface area contributed by atoms with Gasteiger partial charge in [0.25, 0.3) is 0 Å². The molecule has 0 radical (unpaired) electrons. The molecule has 0 unspecified atom stereocenters. The van der Waals surface area contributed by atoms with Crippen LogP contribution in [0.25, 0.3) is 5.57 Å². The van der Waals surface area contributed by atoms with Gasteiger partial charge in [0.1, 0.15) is 15.7 Å². The van der Waals surface area contributed by atoms with Crippen molar-refractivity contribution in [2.75, 3.05) is 18.6 Å². The molecule has 0 amide bonds. The number of carboxylic acids is 1. The molecule has 6 nitrogen and oxygen atoms in total. The maximum atomic E-state index is 15.6. The lowest BCUT2D eigenvalue weighted by atomic mass is 9.77. The first-order valence-corrected chi connectivity index (χ1v) is 16.3. The molecular formula is C33H45FN2O4S. The number of rotatable bonds is 14. The number of nitrogens with one attached hydrogen (secondary N) is 1. The Balaban J connectivity index is 2.26. The predicted molar refractivity (Wildman–Crippen MR) is 168 cm³/mol. The van der Waals surface area contributed by atoms with Crippen molar-refractivity contribution in [2.45, 2.75) is 72.1 Å². The van der Waals surface area contributed by atoms with E-state index in [0.29, 0.717) is 29.4 Å². The molecule has 0 heterocycles. The molecule has 8 heteroatoms. The van der Waals surface area contributed by atoms with Gasteiger partial charge in [-0.1, -0.05) is 43.0 Å². The maximum absolute atomic E-state index is 15.6. The molecule has 0 atom stereocenters. The number of hydrogen-bond acceptors (Lipinski definition) is 5. The lowest BCUT2D eigenvalue weighted by Crippen LogP contribution is -2.16. The summed E-state index contributed by atoms with van der Waals surface area (Å²) in [6.07, 6.45) is 12.2. The third kappa shape index (κ3) is 11.3. The van der Waals surface area contributed by atoms with Gasteiger partial charge in [0, 0.05) is 43.1 Å². The summed E-state index contributed by atoms with van der Waals surface area (Å²) in [4.78, 5) is 15.7. The topological polar surface area (TPSA) is 95.8 Å². The number of carbonyl (C=O) groups is 1. The van der Waals surface area contributed by atoms with Crippen molar-refractivity contribution >= 4 is 27.1 Å². The second-order valence-corrected chi connectivity index (χ2v) is 12.9. The number of aliphatic imine (C=N–C) groups is 1. The Morgan fingerprint density at radius 2 is 1.78 bits per heavy atom. The molecule has 224 valence electrons. The standard InChI is InChI=1S/C33H45FN2O4S/c1-7-23(4)31(18-19-41(6,39)40)36-32(22-35-9-3)24(5)30(34)21-26(8-2)27-14-16-29(17-15-27)28-12-10-25(11-13-28)20-33(37)38/h7-8,14-17,21-22,25,28,35H,5,9-13,18-20H2,1-4,6H3,(H,37,38)/b23-7-,26-8?,30-21+,32-22+,36-31+. The van der Waals surface area contributed by atoms with Crippen LogP contribution in [0.4, 0.5) is 4.39 Å². The van der Waals surface area contributed by atoms with Gasteiger partial charge in [-0.05, 0) is 93.6 Å². The van der Waals surface area contributed by atoms with Gasteiger partial charge in [0.15, 0.2) is 0 Å². The molecule has 1 aliphatic rings. The molecule has 0 bridgehead atoms. The van der Waals surface area contributed by atoms with E-state index >= 15 is 4.39 Å². The fourth-order valence-corrected chi connectivity index (χ4v) is 5.46. The predicted octanol–water partition coefficient (Wildman–Crippen LogP) is 7.54. The first kappa shape index (κ1) is 33.9. The molecule has 1 aliphatic carbocycles. The van der Waals surface area contributed by atoms with Crippen LogP contribution in [0.3, 0.4) is 0 Å². The van der Waals surface area contributed by atoms with Gasteiger partial charge >= 0.3 is 5.97 Å². The van der Waals surface area contributed by atoms with Crippen molar-refractivity contribution in [3.05, 3.63) is 89.1 Å². The van der Waals surface area contributed by atoms with E-state index in [0.717, 1.165) is 36.8 Å². The third-order valence-corrected chi connectivity index (χ3v) is 8.46. The van der Waals surface area contributed by atoms with Crippen LogP contribution >= 0.6 is 0 Å². The van der Waals surface area contributed by atoms with Crippen molar-refractivity contribution in [1.29, 1.82) is 0 Å². The third-order valence-electron chi connectivity index (χ3n) is 7.51. The van der Waals surface area contributed by atoms with Crippen LogP contribution in [0.1, 0.15) is 83.3 Å². The highest BCUT2D eigenvalue weighted by Crippen LogP contribution is 2.37. The van der Waals surface area contributed by atoms with Crippen LogP contribution in [0.2, 0.25) is 0 Å². The summed E-state index contributed by atoms with van der Waals surface area (Å²) < 4.78 is 39.2. The van der Waals surface area contributed by atoms with Crippen LogP contribution in [0.15, 0.2) is 82.9 Å². The summed E-state index contributed by atoms with van der Waals surface area (Å²) in [5, 5.41) is 12.1. The summed E-state index contributed by atoms with van der Waals surface area (Å²) in [5.74, 6) is -0.654. The average Bonchev–Trinajstić information content (AvgIpc) is 2.94. The molecule has 1 aromatic rings. The largest absolute Gasteiger partial charge is 0.481 e. The summed E-state index contributed by atoms with van der Waals surface area (Å²) in [5.41, 5.74) is 4.58. The van der Waals surface area contributed by atoms with E-state index in [4.69, 9.17) is 5.11 Å². The Hall–Kier alpha value is -3.26. The zero-order chi connectivity index (χ0) is 30.6. The van der Waals surface area contributed by atoms with E-state index in [1.54, 1.807) is 6.20 Å². The summed E-state index contributed by atoms with van der Waals surface area (Å²) in [6.45, 7) is 12.0. The Morgan fingerprint density at radius 3 is 2.29 bits per heavy atom. The van der Waals surface area contributed by atoms with E-state index in [9.17, 15) is 13.2 Å². The summed E-state index contributed by atoms with van der Waals surface area (Å²) in [7, 11) is -3.20. The number of nitrogens with zero attached hydrogens (tertiary/aromatic N) is 1. The normalized spacial score (nSPS) is 19.7. The number of allylic oxidation sites excluding steroid dienone is 6. The lowest BCUT2D eigenvalue weighted by Gasteiger charge is -2.28. The van der Waals surface area contributed by atoms with E-state index in [-0.39, 0.29) is 30.1 Å². The fourth-order valence-electron chi connectivity index (χ4n) is 4.89. The molecule has 41 heavy (non-hydrogen) atoms. The van der Waals surface area contributed by atoms with Gasteiger partial charge < -0.3 is 10.4 Å². The Labute approximate surface area is 245 Å². The van der Waals surface area contributed by atoms with Gasteiger partial charge in [-0.15, -0.1) is 0 Å². The first-order valence-electron chi connectivity index (χ1n) is 14.3. The van der Waals surface area contributed by atoms with Crippen molar-refractivity contribution in [2.24, 2.45) is 10.9 Å². The Bertz CT molecular complexity index is 1330. The highest BCUT2D eigenvalue weighted by molar-refractivity contribution is 7.90. The first-order chi connectivity index (χ1) is 19.4. The molecule has 1 aromatic carbocycles. The van der Waals surface area contributed by atoms with Crippen molar-refractivity contribution in [1.82, 2.24) is 5.32 Å². The SMILES string of the molecule is C=C(/C(F)=C\C(=CC)c1ccc(C2CCC(CC(=O)O)CC2)cc1)C(=C\NCC)/N=C(CCS(C)(=O)=O)/C(C)=C\C. The molecule has 0 aliphatic heterocycles. The Morgan fingerprint density at radius 1 is 1.15 bits per heavy atom. The van der Waals surface area contributed by atoms with Crippen LogP contribution in [0.5, 0.6) is 0 Å². The van der Waals surface area contributed by atoms with Gasteiger partial charge in [-0.3, -0.25) is 9.79 Å². The van der Waals surface area contributed by atoms with Gasteiger partial charge in [0.05, 0.1) is 11.4 Å². The minimum atomic E-state index is -3.20. The van der Waals surface area contributed by atoms with Crippen molar-refractivity contribution in [3.63, 3.8) is 0 Å². The van der Waals surface area contributed by atoms with E-state index in [1.165, 1.54) is 17.9 Å². The van der Waals surface area contributed by atoms with Crippen molar-refractivity contribution in [3.8, 4) is 0 Å². The van der Waals surface area contributed by atoms with Crippen LogP contribution in [0, 0.1) is 5.92 Å². The molecule has 0 aromatic heterocycles. The van der Waals surface area contributed by atoms with Crippen LogP contribution in [-0.2, 0) is 14.6 Å². The van der Waals surface area contributed by atoms with Gasteiger partial charge in [0.2, 0.25) is 0 Å². The molecule has 0 saturated heterocycles. The minimum Gasteiger partial charge on any atom is -0.481 e. The summed E-state index contributed by atoms with van der Waals surface area (Å²) >= 11 is 0. The number of carboxylic acid groups (broad SMARTS) is 1. The number of halogens is 1. The monoisotopic (exact) mass is 584 g/mol. The fraction of sp³-hybridized carbons (Fsp3) is 0.455. The second kappa shape index (κ2) is 16.2. The maximum Gasteiger partial charge on any atom is 0.303 e. The molecule has 2 N–H and O–H groups in total. The lowest BCUT2D eigenvalue weighted by molar-refractivity contribution is -0.138. The number of benzene rings is 1. The smallest absolute Gasteiger partial charge is 0.303 e. The van der Waals surface area contributed by atoms with Crippen LogP contribution < -0.4 is 5.32 Å². The molecular weight excluding hydrogens is 539 g/mol. The molecule has 1 fully saturated rings. The number of hydrogen-bond donors (Lipinski definition) is 2. The zero-order valence-electron chi connectivity index (χ0n) is 25.0. The van der Waals surface area contributed by atoms with Gasteiger partial charge in [-0.25, -0.2) is 12.8 Å². The molecule has 1 saturated carbocycles. The van der Waals surface area contributed by atoms with E-state index < -0.39 is 21.6 Å². The Kier molecular flexibility index (Phi) is 13.5. The second-order valence-electron chi connectivity index (χ2n) is 10.6. The highest BCUT2D eigenvalue weighted by Gasteiger charge is 2.24. The minimum absolute atomic E-state index is 0.0568. The molecule has 2 rings (SSSR count). The van der Waals surface area contributed by atoms with E-state index in [1.807, 2.05) is 52.0 Å². The van der Waals surface area contributed by atoms with Gasteiger partial charge in [-0.2, -0.15) is 0 Å². The number of sulfone groups is 1. The average molecular weight is 585 g/mol. The number of aliphatic carboxylic acids is 1. The van der Waals surface area contributed by atoms with Crippen LogP contribution in [-0.4, -0.2) is 43.8 Å². The van der Waals surface area contributed by atoms with Crippen molar-refractivity contribution < 1.29 is 22.7 Å². The molecule has 0 spiro atoms.